The fourth-order valence-corrected chi connectivity index (χ4v) is 4.73. The molecular formula is C16H15ClN4O5S. The van der Waals surface area contributed by atoms with E-state index < -0.39 is 20.9 Å². The van der Waals surface area contributed by atoms with Gasteiger partial charge in [0.25, 0.3) is 5.69 Å². The van der Waals surface area contributed by atoms with E-state index in [1.807, 2.05) is 0 Å². The van der Waals surface area contributed by atoms with Crippen LogP contribution in [0, 0.1) is 10.1 Å². The number of benzene rings is 2. The second-order valence-electron chi connectivity index (χ2n) is 5.96. The number of sulfonamides is 1. The second kappa shape index (κ2) is 7.14. The highest BCUT2D eigenvalue weighted by atomic mass is 35.5. The summed E-state index contributed by atoms with van der Waals surface area (Å²) in [6.45, 7) is -0.413. The van der Waals surface area contributed by atoms with E-state index in [2.05, 4.69) is 0 Å². The summed E-state index contributed by atoms with van der Waals surface area (Å²) in [4.78, 5) is 23.3. The van der Waals surface area contributed by atoms with Gasteiger partial charge in [0.2, 0.25) is 15.9 Å². The number of primary amides is 1. The van der Waals surface area contributed by atoms with Crippen LogP contribution in [0.25, 0.3) is 0 Å². The SMILES string of the molecule is NC(=O)CN1CN(Cc2cccc([N+](=O)[O-])c2)S(=O)(=O)c2cc(Cl)ccc21. The maximum Gasteiger partial charge on any atom is 0.269 e. The van der Waals surface area contributed by atoms with Gasteiger partial charge < -0.3 is 10.6 Å². The van der Waals surface area contributed by atoms with Gasteiger partial charge in [-0.1, -0.05) is 23.7 Å². The van der Waals surface area contributed by atoms with Gasteiger partial charge >= 0.3 is 0 Å². The third-order valence-corrected chi connectivity index (χ3v) is 6.08. The van der Waals surface area contributed by atoms with Crippen LogP contribution in [0.2, 0.25) is 5.02 Å². The van der Waals surface area contributed by atoms with Crippen molar-refractivity contribution in [3.63, 3.8) is 0 Å². The van der Waals surface area contributed by atoms with Crippen LogP contribution in [0.15, 0.2) is 47.4 Å². The molecule has 2 aromatic rings. The number of amides is 1. The molecule has 1 heterocycles. The van der Waals surface area contributed by atoms with E-state index in [1.165, 1.54) is 41.3 Å². The van der Waals surface area contributed by atoms with Crippen molar-refractivity contribution in [3.8, 4) is 0 Å². The molecule has 0 saturated heterocycles. The molecule has 1 aliphatic rings. The van der Waals surface area contributed by atoms with E-state index in [-0.39, 0.29) is 35.4 Å². The molecule has 0 saturated carbocycles. The minimum atomic E-state index is -3.92. The first-order chi connectivity index (χ1) is 12.7. The lowest BCUT2D eigenvalue weighted by atomic mass is 10.2. The second-order valence-corrected chi connectivity index (χ2v) is 8.30. The van der Waals surface area contributed by atoms with E-state index in [4.69, 9.17) is 17.3 Å². The highest BCUT2D eigenvalue weighted by Gasteiger charge is 2.36. The first-order valence-corrected chi connectivity index (χ1v) is 9.56. The first kappa shape index (κ1) is 19.1. The summed E-state index contributed by atoms with van der Waals surface area (Å²) in [6.07, 6.45) is 0. The molecule has 9 nitrogen and oxygen atoms in total. The number of carbonyl (C=O) groups is 1. The lowest BCUT2D eigenvalue weighted by Gasteiger charge is -2.37. The van der Waals surface area contributed by atoms with Gasteiger partial charge in [-0.05, 0) is 23.8 Å². The van der Waals surface area contributed by atoms with Gasteiger partial charge in [-0.25, -0.2) is 8.42 Å². The molecule has 142 valence electrons. The number of nitrogens with two attached hydrogens (primary N) is 1. The van der Waals surface area contributed by atoms with Gasteiger partial charge in [0.15, 0.2) is 0 Å². The Labute approximate surface area is 160 Å². The summed E-state index contributed by atoms with van der Waals surface area (Å²) in [6, 6.07) is 10.1. The number of rotatable bonds is 5. The quantitative estimate of drug-likeness (QED) is 0.590. The lowest BCUT2D eigenvalue weighted by Crippen LogP contribution is -2.48. The molecule has 0 aromatic heterocycles. The zero-order valence-corrected chi connectivity index (χ0v) is 15.5. The maximum absolute atomic E-state index is 13.0. The monoisotopic (exact) mass is 410 g/mol. The molecule has 0 aliphatic carbocycles. The maximum atomic E-state index is 13.0. The topological polar surface area (TPSA) is 127 Å². The molecule has 11 heteroatoms. The summed E-state index contributed by atoms with van der Waals surface area (Å²) in [5.41, 5.74) is 5.91. The molecule has 2 aromatic carbocycles. The van der Waals surface area contributed by atoms with Crippen LogP contribution in [0.4, 0.5) is 11.4 Å². The van der Waals surface area contributed by atoms with Gasteiger partial charge in [0.05, 0.1) is 23.8 Å². The van der Waals surface area contributed by atoms with E-state index in [0.29, 0.717) is 11.3 Å². The number of carbonyl (C=O) groups excluding carboxylic acids is 1. The van der Waals surface area contributed by atoms with Crippen molar-refractivity contribution in [1.82, 2.24) is 4.31 Å². The molecule has 0 atom stereocenters. The molecule has 1 amide bonds. The Morgan fingerprint density at radius 3 is 2.67 bits per heavy atom. The summed E-state index contributed by atoms with van der Waals surface area (Å²) in [7, 11) is -3.92. The van der Waals surface area contributed by atoms with Crippen LogP contribution in [-0.2, 0) is 21.4 Å². The van der Waals surface area contributed by atoms with Crippen molar-refractivity contribution < 1.29 is 18.1 Å². The number of non-ortho nitro benzene ring substituents is 1. The Hall–Kier alpha value is -2.69. The molecule has 0 radical (unpaired) electrons. The number of nitrogens with zero attached hydrogens (tertiary/aromatic N) is 3. The van der Waals surface area contributed by atoms with Crippen molar-refractivity contribution in [3.05, 3.63) is 63.2 Å². The van der Waals surface area contributed by atoms with E-state index in [0.717, 1.165) is 4.31 Å². The first-order valence-electron chi connectivity index (χ1n) is 7.75. The van der Waals surface area contributed by atoms with Crippen LogP contribution in [0.1, 0.15) is 5.56 Å². The van der Waals surface area contributed by atoms with E-state index in [1.54, 1.807) is 6.07 Å². The summed E-state index contributed by atoms with van der Waals surface area (Å²) < 4.78 is 27.1. The van der Waals surface area contributed by atoms with Gasteiger partial charge in [-0.3, -0.25) is 14.9 Å². The minimum Gasteiger partial charge on any atom is -0.368 e. The van der Waals surface area contributed by atoms with E-state index in [9.17, 15) is 23.3 Å². The Morgan fingerprint density at radius 2 is 2.00 bits per heavy atom. The number of halogens is 1. The summed E-state index contributed by atoms with van der Waals surface area (Å²) >= 11 is 5.95. The number of fused-ring (bicyclic) bond motifs is 1. The third-order valence-electron chi connectivity index (χ3n) is 4.04. The standard InChI is InChI=1S/C16H15ClN4O5S/c17-12-4-5-14-15(7-12)27(25,26)20(10-19(14)9-16(18)22)8-11-2-1-3-13(6-11)21(23)24/h1-7H,8-10H2,(H2,18,22). The van der Waals surface area contributed by atoms with Crippen molar-refractivity contribution in [2.24, 2.45) is 5.73 Å². The predicted octanol–water partition coefficient (Wildman–Crippen LogP) is 1.70. The summed E-state index contributed by atoms with van der Waals surface area (Å²) in [5, 5.41) is 11.2. The molecule has 0 fully saturated rings. The zero-order chi connectivity index (χ0) is 19.8. The van der Waals surface area contributed by atoms with Crippen molar-refractivity contribution in [2.45, 2.75) is 11.4 Å². The minimum absolute atomic E-state index is 0.0482. The van der Waals surface area contributed by atoms with Crippen LogP contribution in [-0.4, -0.2) is 36.8 Å². The number of hydrogen-bond donors (Lipinski definition) is 1. The lowest BCUT2D eigenvalue weighted by molar-refractivity contribution is -0.384. The normalized spacial score (nSPS) is 16.0. The number of hydrogen-bond acceptors (Lipinski definition) is 6. The Bertz CT molecular complexity index is 1030. The zero-order valence-electron chi connectivity index (χ0n) is 13.9. The number of nitro benzene ring substituents is 1. The number of anilines is 1. The van der Waals surface area contributed by atoms with Crippen LogP contribution in [0.3, 0.4) is 0 Å². The molecule has 0 spiro atoms. The van der Waals surface area contributed by atoms with Gasteiger partial charge in [0.1, 0.15) is 4.90 Å². The Morgan fingerprint density at radius 1 is 1.26 bits per heavy atom. The van der Waals surface area contributed by atoms with Crippen molar-refractivity contribution in [1.29, 1.82) is 0 Å². The summed E-state index contributed by atoms with van der Waals surface area (Å²) in [5.74, 6) is -0.620. The Kier molecular flexibility index (Phi) is 5.05. The molecule has 1 aliphatic heterocycles. The molecule has 2 N–H and O–H groups in total. The smallest absolute Gasteiger partial charge is 0.269 e. The highest BCUT2D eigenvalue weighted by Crippen LogP contribution is 2.35. The van der Waals surface area contributed by atoms with Gasteiger partial charge in [-0.15, -0.1) is 0 Å². The van der Waals surface area contributed by atoms with Gasteiger partial charge in [-0.2, -0.15) is 4.31 Å². The van der Waals surface area contributed by atoms with Crippen molar-refractivity contribution in [2.75, 3.05) is 18.1 Å². The highest BCUT2D eigenvalue weighted by molar-refractivity contribution is 7.89. The van der Waals surface area contributed by atoms with Crippen LogP contribution < -0.4 is 10.6 Å². The van der Waals surface area contributed by atoms with E-state index >= 15 is 0 Å². The van der Waals surface area contributed by atoms with Crippen LogP contribution >= 0.6 is 11.6 Å². The molecule has 3 rings (SSSR count). The average Bonchev–Trinajstić information content (AvgIpc) is 2.59. The molecular weight excluding hydrogens is 396 g/mol. The fraction of sp³-hybridized carbons (Fsp3) is 0.188. The molecule has 0 unspecified atom stereocenters. The number of nitro groups is 1. The fourth-order valence-electron chi connectivity index (χ4n) is 2.87. The average molecular weight is 411 g/mol. The van der Waals surface area contributed by atoms with Crippen molar-refractivity contribution >= 4 is 38.9 Å². The predicted molar refractivity (Wildman–Crippen MR) is 98.7 cm³/mol. The third kappa shape index (κ3) is 3.87. The molecule has 0 bridgehead atoms. The van der Waals surface area contributed by atoms with Gasteiger partial charge in [0, 0.05) is 23.7 Å². The largest absolute Gasteiger partial charge is 0.368 e. The molecule has 27 heavy (non-hydrogen) atoms. The van der Waals surface area contributed by atoms with Crippen LogP contribution in [0.5, 0.6) is 0 Å². The Balaban J connectivity index is 2.02.